The maximum atomic E-state index is 6.27. The summed E-state index contributed by atoms with van der Waals surface area (Å²) in [5.74, 6) is 0. The van der Waals surface area contributed by atoms with Crippen LogP contribution in [0.15, 0.2) is 36.4 Å². The fourth-order valence-electron chi connectivity index (χ4n) is 2.29. The van der Waals surface area contributed by atoms with Crippen LogP contribution in [0.1, 0.15) is 28.3 Å². The summed E-state index contributed by atoms with van der Waals surface area (Å²) >= 11 is 8.12. The molecule has 0 aliphatic heterocycles. The van der Waals surface area contributed by atoms with Gasteiger partial charge < -0.3 is 5.32 Å². The zero-order valence-corrected chi connectivity index (χ0v) is 14.5. The van der Waals surface area contributed by atoms with Gasteiger partial charge in [-0.15, -0.1) is 11.3 Å². The van der Waals surface area contributed by atoms with Crippen molar-refractivity contribution >= 4 is 22.9 Å². The minimum Gasteiger partial charge on any atom is -0.311 e. The topological polar surface area (TPSA) is 15.3 Å². The molecule has 2 rings (SSSR count). The quantitative estimate of drug-likeness (QED) is 0.755. The molecule has 21 heavy (non-hydrogen) atoms. The van der Waals surface area contributed by atoms with Gasteiger partial charge in [0, 0.05) is 40.5 Å². The lowest BCUT2D eigenvalue weighted by Gasteiger charge is -2.25. The highest BCUT2D eigenvalue weighted by atomic mass is 35.5. The van der Waals surface area contributed by atoms with Crippen molar-refractivity contribution in [3.8, 4) is 0 Å². The molecule has 2 aromatic rings. The smallest absolute Gasteiger partial charge is 0.0453 e. The molecule has 0 aliphatic carbocycles. The first-order valence-electron chi connectivity index (χ1n) is 7.28. The van der Waals surface area contributed by atoms with E-state index in [4.69, 9.17) is 11.6 Å². The summed E-state index contributed by atoms with van der Waals surface area (Å²) < 4.78 is 0. The molecule has 114 valence electrons. The van der Waals surface area contributed by atoms with E-state index in [1.807, 2.05) is 29.5 Å². The number of nitrogens with one attached hydrogen (secondary N) is 1. The van der Waals surface area contributed by atoms with Gasteiger partial charge in [-0.3, -0.25) is 4.90 Å². The van der Waals surface area contributed by atoms with Crippen molar-refractivity contribution in [2.75, 3.05) is 20.1 Å². The molecule has 1 unspecified atom stereocenters. The Bertz CT molecular complexity index is 567. The van der Waals surface area contributed by atoms with Gasteiger partial charge in [0.2, 0.25) is 0 Å². The third kappa shape index (κ3) is 4.82. The van der Waals surface area contributed by atoms with Crippen molar-refractivity contribution in [1.29, 1.82) is 0 Å². The van der Waals surface area contributed by atoms with Gasteiger partial charge in [-0.25, -0.2) is 0 Å². The summed E-state index contributed by atoms with van der Waals surface area (Å²) in [6.45, 7) is 7.27. The highest BCUT2D eigenvalue weighted by Crippen LogP contribution is 2.25. The van der Waals surface area contributed by atoms with Gasteiger partial charge in [-0.1, -0.05) is 29.8 Å². The van der Waals surface area contributed by atoms with Crippen LogP contribution in [-0.2, 0) is 6.54 Å². The van der Waals surface area contributed by atoms with Crippen LogP contribution in [0.2, 0.25) is 5.02 Å². The van der Waals surface area contributed by atoms with E-state index in [-0.39, 0.29) is 0 Å². The molecule has 0 fully saturated rings. The molecule has 0 saturated heterocycles. The van der Waals surface area contributed by atoms with Gasteiger partial charge in [0.15, 0.2) is 0 Å². The Morgan fingerprint density at radius 3 is 2.67 bits per heavy atom. The zero-order chi connectivity index (χ0) is 15.2. The Kier molecular flexibility index (Phi) is 6.24. The van der Waals surface area contributed by atoms with Crippen LogP contribution in [0.3, 0.4) is 0 Å². The number of aryl methyl sites for hydroxylation is 1. The molecule has 1 heterocycles. The summed E-state index contributed by atoms with van der Waals surface area (Å²) in [7, 11) is 2.14. The summed E-state index contributed by atoms with van der Waals surface area (Å²) in [6, 6.07) is 12.8. The average Bonchev–Trinajstić information content (AvgIpc) is 2.89. The van der Waals surface area contributed by atoms with Gasteiger partial charge in [-0.2, -0.15) is 0 Å². The second-order valence-electron chi connectivity index (χ2n) is 5.37. The maximum Gasteiger partial charge on any atom is 0.0453 e. The van der Waals surface area contributed by atoms with Crippen molar-refractivity contribution in [2.24, 2.45) is 0 Å². The third-order valence-corrected chi connectivity index (χ3v) is 5.10. The van der Waals surface area contributed by atoms with Gasteiger partial charge in [0.25, 0.3) is 0 Å². The number of halogens is 1. The summed E-state index contributed by atoms with van der Waals surface area (Å²) in [4.78, 5) is 5.10. The number of nitrogens with zero attached hydrogens (tertiary/aromatic N) is 1. The van der Waals surface area contributed by atoms with Crippen LogP contribution in [0.5, 0.6) is 0 Å². The Hall–Kier alpha value is -0.870. The molecule has 0 aliphatic rings. The second-order valence-corrected chi connectivity index (χ2v) is 7.15. The first-order valence-corrected chi connectivity index (χ1v) is 8.48. The van der Waals surface area contributed by atoms with Crippen LogP contribution in [-0.4, -0.2) is 25.0 Å². The molecule has 0 spiro atoms. The minimum atomic E-state index is 0.324. The van der Waals surface area contributed by atoms with Crippen LogP contribution >= 0.6 is 22.9 Å². The molecular weight excluding hydrogens is 300 g/mol. The SMILES string of the molecule is Cc1ccc(CNCCN(C)C(C)c2ccccc2Cl)s1. The Morgan fingerprint density at radius 1 is 1.24 bits per heavy atom. The number of hydrogen-bond acceptors (Lipinski definition) is 3. The highest BCUT2D eigenvalue weighted by Gasteiger charge is 2.13. The van der Waals surface area contributed by atoms with E-state index in [0.717, 1.165) is 24.7 Å². The largest absolute Gasteiger partial charge is 0.311 e. The normalized spacial score (nSPS) is 12.8. The van der Waals surface area contributed by atoms with Crippen molar-refractivity contribution in [3.05, 3.63) is 56.7 Å². The van der Waals surface area contributed by atoms with Crippen LogP contribution in [0.4, 0.5) is 0 Å². The van der Waals surface area contributed by atoms with E-state index in [1.54, 1.807) is 0 Å². The summed E-state index contributed by atoms with van der Waals surface area (Å²) in [6.07, 6.45) is 0. The van der Waals surface area contributed by atoms with Crippen LogP contribution in [0, 0.1) is 6.92 Å². The maximum absolute atomic E-state index is 6.27. The lowest BCUT2D eigenvalue weighted by Crippen LogP contribution is -2.31. The lowest BCUT2D eigenvalue weighted by molar-refractivity contribution is 0.261. The van der Waals surface area contributed by atoms with E-state index < -0.39 is 0 Å². The molecule has 0 radical (unpaired) electrons. The molecule has 1 aromatic heterocycles. The predicted octanol–water partition coefficient (Wildman–Crippen LogP) is 4.49. The summed E-state index contributed by atoms with van der Waals surface area (Å²) in [5.41, 5.74) is 1.19. The van der Waals surface area contributed by atoms with Crippen molar-refractivity contribution < 1.29 is 0 Å². The van der Waals surface area contributed by atoms with Crippen LogP contribution in [0.25, 0.3) is 0 Å². The number of likely N-dealkylation sites (N-methyl/N-ethyl adjacent to an activating group) is 1. The molecule has 1 atom stereocenters. The Labute approximate surface area is 136 Å². The Morgan fingerprint density at radius 2 is 2.00 bits per heavy atom. The van der Waals surface area contributed by atoms with E-state index in [9.17, 15) is 0 Å². The van der Waals surface area contributed by atoms with Gasteiger partial charge in [0.05, 0.1) is 0 Å². The van der Waals surface area contributed by atoms with Crippen molar-refractivity contribution in [3.63, 3.8) is 0 Å². The molecule has 0 amide bonds. The fraction of sp³-hybridized carbons (Fsp3) is 0.412. The van der Waals surface area contributed by atoms with E-state index >= 15 is 0 Å². The molecule has 4 heteroatoms. The van der Waals surface area contributed by atoms with Crippen molar-refractivity contribution in [2.45, 2.75) is 26.4 Å². The summed E-state index contributed by atoms with van der Waals surface area (Å²) in [5, 5.41) is 4.35. The predicted molar refractivity (Wildman–Crippen MR) is 93.3 cm³/mol. The molecule has 2 nitrogen and oxygen atoms in total. The van der Waals surface area contributed by atoms with E-state index in [2.05, 4.69) is 49.3 Å². The first-order chi connectivity index (χ1) is 10.1. The molecule has 1 N–H and O–H groups in total. The highest BCUT2D eigenvalue weighted by molar-refractivity contribution is 7.11. The number of benzene rings is 1. The van der Waals surface area contributed by atoms with Gasteiger partial charge >= 0.3 is 0 Å². The third-order valence-electron chi connectivity index (χ3n) is 3.75. The van der Waals surface area contributed by atoms with Crippen LogP contribution < -0.4 is 5.32 Å². The van der Waals surface area contributed by atoms with E-state index in [1.165, 1.54) is 15.3 Å². The monoisotopic (exact) mass is 322 g/mol. The molecule has 0 bridgehead atoms. The first kappa shape index (κ1) is 16.5. The average molecular weight is 323 g/mol. The molecule has 0 saturated carbocycles. The Balaban J connectivity index is 1.76. The molecular formula is C17H23ClN2S. The fourth-order valence-corrected chi connectivity index (χ4v) is 3.45. The minimum absolute atomic E-state index is 0.324. The number of thiophene rings is 1. The number of hydrogen-bond donors (Lipinski definition) is 1. The lowest BCUT2D eigenvalue weighted by atomic mass is 10.1. The number of rotatable bonds is 7. The molecule has 1 aromatic carbocycles. The van der Waals surface area contributed by atoms with E-state index in [0.29, 0.717) is 6.04 Å². The van der Waals surface area contributed by atoms with Gasteiger partial charge in [-0.05, 0) is 44.7 Å². The second kappa shape index (κ2) is 7.95. The van der Waals surface area contributed by atoms with Gasteiger partial charge in [0.1, 0.15) is 0 Å². The zero-order valence-electron chi connectivity index (χ0n) is 12.9. The van der Waals surface area contributed by atoms with Crippen molar-refractivity contribution in [1.82, 2.24) is 10.2 Å². The standard InChI is InChI=1S/C17H23ClN2S/c1-13-8-9-15(21-13)12-19-10-11-20(3)14(2)16-6-4-5-7-17(16)18/h4-9,14,19H,10-12H2,1-3H3.